The van der Waals surface area contributed by atoms with Crippen molar-refractivity contribution < 1.29 is 13.2 Å². The number of rotatable bonds is 9. The summed E-state index contributed by atoms with van der Waals surface area (Å²) in [5.74, 6) is 0.798. The van der Waals surface area contributed by atoms with Gasteiger partial charge in [0.05, 0.1) is 15.9 Å². The monoisotopic (exact) mass is 461 g/mol. The molecule has 1 saturated carbocycles. The molecule has 1 saturated heterocycles. The molecule has 2 heterocycles. The number of sulfonamides is 1. The van der Waals surface area contributed by atoms with Crippen molar-refractivity contribution in [2.24, 2.45) is 7.05 Å². The van der Waals surface area contributed by atoms with E-state index < -0.39 is 10.0 Å². The fourth-order valence-corrected chi connectivity index (χ4v) is 5.97. The summed E-state index contributed by atoms with van der Waals surface area (Å²) in [5.41, 5.74) is 1.53. The van der Waals surface area contributed by atoms with E-state index in [0.29, 0.717) is 55.0 Å². The standard InChI is InChI=1S/C23H35N5O3S/c1-17(26(2)18-7-8-18)16-24-23(29)12-11-22-25-20-15-19(9-10-21(20)27(22)3)32(30,31)28-13-5-4-6-14-28/h9-10,15,17-18H,4-8,11-14,16H2,1-3H3,(H,24,29). The number of likely N-dealkylation sites (N-methyl/N-ethyl adjacent to an activating group) is 1. The summed E-state index contributed by atoms with van der Waals surface area (Å²) in [4.78, 5) is 19.6. The molecule has 0 spiro atoms. The van der Waals surface area contributed by atoms with Gasteiger partial charge in [0, 0.05) is 51.6 Å². The smallest absolute Gasteiger partial charge is 0.243 e. The normalized spacial score (nSPS) is 18.9. The second kappa shape index (κ2) is 9.49. The first-order valence-electron chi connectivity index (χ1n) is 11.7. The average molecular weight is 462 g/mol. The van der Waals surface area contributed by atoms with Gasteiger partial charge in [-0.2, -0.15) is 4.31 Å². The van der Waals surface area contributed by atoms with Gasteiger partial charge < -0.3 is 9.88 Å². The number of nitrogens with zero attached hydrogens (tertiary/aromatic N) is 4. The molecule has 2 aromatic rings. The van der Waals surface area contributed by atoms with E-state index in [2.05, 4.69) is 29.2 Å². The number of hydrogen-bond donors (Lipinski definition) is 1. The molecule has 1 N–H and O–H groups in total. The van der Waals surface area contributed by atoms with Crippen LogP contribution in [0.25, 0.3) is 11.0 Å². The van der Waals surface area contributed by atoms with E-state index in [1.807, 2.05) is 17.7 Å². The van der Waals surface area contributed by atoms with Crippen molar-refractivity contribution in [2.75, 3.05) is 26.7 Å². The SMILES string of the molecule is CC(CNC(=O)CCc1nc2cc(S(=O)(=O)N3CCCCC3)ccc2n1C)N(C)C1CC1. The van der Waals surface area contributed by atoms with Gasteiger partial charge in [0.1, 0.15) is 5.82 Å². The second-order valence-corrected chi connectivity index (χ2v) is 11.2. The molecule has 2 fully saturated rings. The van der Waals surface area contributed by atoms with Crippen LogP contribution in [-0.2, 0) is 28.3 Å². The van der Waals surface area contributed by atoms with Crippen molar-refractivity contribution in [2.45, 2.75) is 68.8 Å². The number of fused-ring (bicyclic) bond motifs is 1. The minimum atomic E-state index is -3.49. The van der Waals surface area contributed by atoms with Crippen LogP contribution in [0.4, 0.5) is 0 Å². The van der Waals surface area contributed by atoms with Gasteiger partial charge in [0.15, 0.2) is 0 Å². The van der Waals surface area contributed by atoms with Gasteiger partial charge >= 0.3 is 0 Å². The third-order valence-electron chi connectivity index (χ3n) is 6.89. The van der Waals surface area contributed by atoms with E-state index in [9.17, 15) is 13.2 Å². The Kier molecular flexibility index (Phi) is 6.88. The van der Waals surface area contributed by atoms with Crippen LogP contribution >= 0.6 is 0 Å². The first-order chi connectivity index (χ1) is 15.3. The highest BCUT2D eigenvalue weighted by Gasteiger charge is 2.29. The Morgan fingerprint density at radius 1 is 1.25 bits per heavy atom. The topological polar surface area (TPSA) is 87.5 Å². The number of nitrogens with one attached hydrogen (secondary N) is 1. The van der Waals surface area contributed by atoms with Crippen molar-refractivity contribution in [3.63, 3.8) is 0 Å². The van der Waals surface area contributed by atoms with E-state index in [4.69, 9.17) is 0 Å². The highest BCUT2D eigenvalue weighted by atomic mass is 32.2. The fraction of sp³-hybridized carbons (Fsp3) is 0.652. The van der Waals surface area contributed by atoms with Gasteiger partial charge in [0.2, 0.25) is 15.9 Å². The lowest BCUT2D eigenvalue weighted by Gasteiger charge is -2.25. The molecule has 1 aliphatic heterocycles. The van der Waals surface area contributed by atoms with Crippen LogP contribution in [0, 0.1) is 0 Å². The highest BCUT2D eigenvalue weighted by molar-refractivity contribution is 7.89. The van der Waals surface area contributed by atoms with Gasteiger partial charge in [-0.15, -0.1) is 0 Å². The minimum Gasteiger partial charge on any atom is -0.355 e. The first kappa shape index (κ1) is 23.2. The van der Waals surface area contributed by atoms with Crippen LogP contribution in [0.15, 0.2) is 23.1 Å². The third-order valence-corrected chi connectivity index (χ3v) is 8.78. The Bertz CT molecular complexity index is 1070. The lowest BCUT2D eigenvalue weighted by Crippen LogP contribution is -2.41. The summed E-state index contributed by atoms with van der Waals surface area (Å²) < 4.78 is 29.5. The third kappa shape index (κ3) is 5.00. The maximum absolute atomic E-state index is 13.0. The fourth-order valence-electron chi connectivity index (χ4n) is 4.43. The molecule has 0 radical (unpaired) electrons. The maximum Gasteiger partial charge on any atom is 0.243 e. The summed E-state index contributed by atoms with van der Waals surface area (Å²) in [6.07, 6.45) is 6.28. The molecule has 32 heavy (non-hydrogen) atoms. The molecule has 1 aromatic heterocycles. The van der Waals surface area contributed by atoms with E-state index in [0.717, 1.165) is 30.6 Å². The number of piperidine rings is 1. The van der Waals surface area contributed by atoms with Gasteiger partial charge in [-0.25, -0.2) is 13.4 Å². The zero-order valence-corrected chi connectivity index (χ0v) is 20.2. The molecule has 1 atom stereocenters. The Morgan fingerprint density at radius 2 is 1.97 bits per heavy atom. The number of carbonyl (C=O) groups excluding carboxylic acids is 1. The van der Waals surface area contributed by atoms with Gasteiger partial charge in [-0.1, -0.05) is 6.42 Å². The average Bonchev–Trinajstić information content (AvgIpc) is 3.60. The van der Waals surface area contributed by atoms with Crippen LogP contribution in [0.3, 0.4) is 0 Å². The molecular formula is C23H35N5O3S. The maximum atomic E-state index is 13.0. The van der Waals surface area contributed by atoms with Crippen LogP contribution < -0.4 is 5.32 Å². The van der Waals surface area contributed by atoms with Crippen molar-refractivity contribution in [3.8, 4) is 0 Å². The van der Waals surface area contributed by atoms with Crippen molar-refractivity contribution in [3.05, 3.63) is 24.0 Å². The molecule has 176 valence electrons. The van der Waals surface area contributed by atoms with E-state index in [1.165, 1.54) is 12.8 Å². The second-order valence-electron chi connectivity index (χ2n) is 9.25. The van der Waals surface area contributed by atoms with E-state index in [-0.39, 0.29) is 5.91 Å². The van der Waals surface area contributed by atoms with Gasteiger partial charge in [-0.05, 0) is 57.9 Å². The van der Waals surface area contributed by atoms with Gasteiger partial charge in [0.25, 0.3) is 0 Å². The highest BCUT2D eigenvalue weighted by Crippen LogP contribution is 2.27. The first-order valence-corrected chi connectivity index (χ1v) is 13.2. The summed E-state index contributed by atoms with van der Waals surface area (Å²) in [6, 6.07) is 6.14. The molecule has 1 unspecified atom stereocenters. The number of aromatic nitrogens is 2. The Labute approximate surface area is 191 Å². The van der Waals surface area contributed by atoms with E-state index in [1.54, 1.807) is 16.4 Å². The molecule has 1 amide bonds. The number of imidazole rings is 1. The summed E-state index contributed by atoms with van der Waals surface area (Å²) >= 11 is 0. The Hall–Kier alpha value is -1.97. The number of benzene rings is 1. The summed E-state index contributed by atoms with van der Waals surface area (Å²) in [6.45, 7) is 3.95. The number of aryl methyl sites for hydroxylation is 2. The molecule has 0 bridgehead atoms. The predicted octanol–water partition coefficient (Wildman–Crippen LogP) is 2.28. The summed E-state index contributed by atoms with van der Waals surface area (Å²) in [5, 5.41) is 3.03. The van der Waals surface area contributed by atoms with Crippen LogP contribution in [0.5, 0.6) is 0 Å². The molecule has 8 nitrogen and oxygen atoms in total. The summed E-state index contributed by atoms with van der Waals surface area (Å²) in [7, 11) is 0.538. The Balaban J connectivity index is 1.39. The number of amides is 1. The molecular weight excluding hydrogens is 426 g/mol. The largest absolute Gasteiger partial charge is 0.355 e. The van der Waals surface area contributed by atoms with Gasteiger partial charge in [-0.3, -0.25) is 9.69 Å². The molecule has 2 aliphatic rings. The molecule has 9 heteroatoms. The molecule has 1 aromatic carbocycles. The van der Waals surface area contributed by atoms with Crippen molar-refractivity contribution in [1.29, 1.82) is 0 Å². The Morgan fingerprint density at radius 3 is 2.66 bits per heavy atom. The minimum absolute atomic E-state index is 0.0152. The zero-order chi connectivity index (χ0) is 22.9. The lowest BCUT2D eigenvalue weighted by atomic mass is 10.2. The zero-order valence-electron chi connectivity index (χ0n) is 19.4. The van der Waals surface area contributed by atoms with Crippen molar-refractivity contribution >= 4 is 27.0 Å². The molecule has 4 rings (SSSR count). The molecule has 1 aliphatic carbocycles. The van der Waals surface area contributed by atoms with Crippen LogP contribution in [0.2, 0.25) is 0 Å². The van der Waals surface area contributed by atoms with Crippen LogP contribution in [-0.4, -0.2) is 71.8 Å². The lowest BCUT2D eigenvalue weighted by molar-refractivity contribution is -0.121. The number of hydrogen-bond acceptors (Lipinski definition) is 5. The van der Waals surface area contributed by atoms with Crippen molar-refractivity contribution in [1.82, 2.24) is 24.1 Å². The van der Waals surface area contributed by atoms with E-state index >= 15 is 0 Å². The number of carbonyl (C=O) groups is 1. The predicted molar refractivity (Wildman–Crippen MR) is 125 cm³/mol. The quantitative estimate of drug-likeness (QED) is 0.619. The van der Waals surface area contributed by atoms with Crippen LogP contribution in [0.1, 0.15) is 51.3 Å².